The number of nitrogens with one attached hydrogen (secondary N) is 1. The van der Waals surface area contributed by atoms with Crippen LogP contribution < -0.4 is 5.32 Å². The number of aliphatic hydroxyl groups is 1. The van der Waals surface area contributed by atoms with Crippen molar-refractivity contribution in [3.63, 3.8) is 0 Å². The van der Waals surface area contributed by atoms with Gasteiger partial charge in [-0.15, -0.1) is 0 Å². The lowest BCUT2D eigenvalue weighted by Crippen LogP contribution is -2.33. The fourth-order valence-corrected chi connectivity index (χ4v) is 1.03. The first-order valence-corrected chi connectivity index (χ1v) is 4.26. The number of nitro groups is 1. The van der Waals surface area contributed by atoms with Crippen molar-refractivity contribution in [3.8, 4) is 0 Å². The lowest BCUT2D eigenvalue weighted by Gasteiger charge is -2.12. The summed E-state index contributed by atoms with van der Waals surface area (Å²) in [7, 11) is 0. The van der Waals surface area contributed by atoms with E-state index < -0.39 is 29.4 Å². The van der Waals surface area contributed by atoms with Gasteiger partial charge in [-0.05, 0) is 22.0 Å². The number of anilines is 1. The third kappa shape index (κ3) is 2.64. The monoisotopic (exact) mass is 227 g/mol. The van der Waals surface area contributed by atoms with Crippen LogP contribution in [-0.2, 0) is 4.79 Å². The van der Waals surface area contributed by atoms with Crippen LogP contribution in [0.1, 0.15) is 0 Å². The van der Waals surface area contributed by atoms with Gasteiger partial charge < -0.3 is 25.6 Å². The molecule has 0 aliphatic rings. The second kappa shape index (κ2) is 5.03. The molecule has 0 aliphatic carbocycles. The van der Waals surface area contributed by atoms with Gasteiger partial charge in [0.2, 0.25) is 0 Å². The molecular formula is C8H9N3O5. The minimum absolute atomic E-state index is 0.0473. The molecule has 0 aromatic carbocycles. The highest BCUT2D eigenvalue weighted by atomic mass is 16.6. The van der Waals surface area contributed by atoms with E-state index in [9.17, 15) is 14.9 Å². The molecule has 1 aromatic rings. The Morgan fingerprint density at radius 3 is 2.88 bits per heavy atom. The van der Waals surface area contributed by atoms with Crippen molar-refractivity contribution < 1.29 is 19.9 Å². The molecule has 1 heterocycles. The second-order valence-corrected chi connectivity index (χ2v) is 2.85. The fourth-order valence-electron chi connectivity index (χ4n) is 1.03. The molecule has 8 heteroatoms. The molecule has 0 unspecified atom stereocenters. The molecule has 0 radical (unpaired) electrons. The minimum atomic E-state index is -1.30. The molecule has 3 N–H and O–H groups in total. The smallest absolute Gasteiger partial charge is 0.386 e. The van der Waals surface area contributed by atoms with Crippen molar-refractivity contribution in [2.24, 2.45) is 0 Å². The van der Waals surface area contributed by atoms with Crippen molar-refractivity contribution in [2.45, 2.75) is 6.04 Å². The number of aromatic nitrogens is 1. The molecule has 1 rings (SSSR count). The molecule has 1 atom stereocenters. The maximum atomic E-state index is 10.6. The normalized spacial score (nSPS) is 11.8. The largest absolute Gasteiger partial charge is 0.480 e. The average molecular weight is 227 g/mol. The van der Waals surface area contributed by atoms with Crippen molar-refractivity contribution in [2.75, 3.05) is 11.9 Å². The molecular weight excluding hydrogens is 218 g/mol. The van der Waals surface area contributed by atoms with E-state index in [2.05, 4.69) is 10.3 Å². The molecule has 0 saturated carbocycles. The number of aliphatic carboxylic acids is 1. The average Bonchev–Trinajstić information content (AvgIpc) is 2.25. The van der Waals surface area contributed by atoms with Crippen LogP contribution in [0.25, 0.3) is 0 Å². The van der Waals surface area contributed by atoms with Crippen LogP contribution in [0.15, 0.2) is 18.3 Å². The Morgan fingerprint density at radius 2 is 2.38 bits per heavy atom. The first kappa shape index (κ1) is 11.9. The summed E-state index contributed by atoms with van der Waals surface area (Å²) in [6.45, 7) is -0.679. The van der Waals surface area contributed by atoms with Crippen LogP contribution in [0.2, 0.25) is 0 Å². The van der Waals surface area contributed by atoms with E-state index in [0.717, 1.165) is 0 Å². The van der Waals surface area contributed by atoms with Gasteiger partial charge in [-0.1, -0.05) is 0 Å². The van der Waals surface area contributed by atoms with Gasteiger partial charge in [0.05, 0.1) is 6.61 Å². The zero-order valence-corrected chi connectivity index (χ0v) is 8.03. The Kier molecular flexibility index (Phi) is 3.72. The minimum Gasteiger partial charge on any atom is -0.480 e. The van der Waals surface area contributed by atoms with Crippen LogP contribution >= 0.6 is 0 Å². The van der Waals surface area contributed by atoms with Crippen molar-refractivity contribution in [3.05, 3.63) is 28.4 Å². The summed E-state index contributed by atoms with van der Waals surface area (Å²) in [5.41, 5.74) is -0.0473. The van der Waals surface area contributed by atoms with Gasteiger partial charge in [0.15, 0.2) is 0 Å². The summed E-state index contributed by atoms with van der Waals surface area (Å²) >= 11 is 0. The molecule has 0 bridgehead atoms. The van der Waals surface area contributed by atoms with Crippen LogP contribution in [-0.4, -0.2) is 38.7 Å². The highest BCUT2D eigenvalue weighted by molar-refractivity contribution is 5.78. The van der Waals surface area contributed by atoms with E-state index in [-0.39, 0.29) is 5.69 Å². The molecule has 0 aliphatic heterocycles. The van der Waals surface area contributed by atoms with Gasteiger partial charge in [0.25, 0.3) is 0 Å². The number of pyridine rings is 1. The number of carbonyl (C=O) groups is 1. The zero-order valence-electron chi connectivity index (χ0n) is 8.03. The number of aliphatic hydroxyl groups excluding tert-OH is 1. The number of carboxylic acid groups (broad SMARTS) is 1. The molecule has 0 spiro atoms. The third-order valence-electron chi connectivity index (χ3n) is 1.77. The standard InChI is InChI=1S/C8H9N3O5/c12-4-6(8(13)14)10-5-2-1-3-9-7(5)11(15)16/h1-3,6,10,12H,4H2,(H,13,14)/t6-/m0/s1. The van der Waals surface area contributed by atoms with E-state index in [1.807, 2.05) is 0 Å². The molecule has 0 amide bonds. The topological polar surface area (TPSA) is 126 Å². The lowest BCUT2D eigenvalue weighted by atomic mass is 10.3. The van der Waals surface area contributed by atoms with Crippen LogP contribution in [0, 0.1) is 10.1 Å². The van der Waals surface area contributed by atoms with Gasteiger partial charge in [-0.3, -0.25) is 0 Å². The van der Waals surface area contributed by atoms with Crippen molar-refractivity contribution in [1.29, 1.82) is 0 Å². The molecule has 86 valence electrons. The fraction of sp³-hybridized carbons (Fsp3) is 0.250. The van der Waals surface area contributed by atoms with E-state index in [4.69, 9.17) is 10.2 Å². The van der Waals surface area contributed by atoms with Gasteiger partial charge in [0, 0.05) is 0 Å². The first-order valence-electron chi connectivity index (χ1n) is 4.26. The number of hydrogen-bond acceptors (Lipinski definition) is 6. The Balaban J connectivity index is 2.95. The molecule has 16 heavy (non-hydrogen) atoms. The molecule has 0 saturated heterocycles. The highest BCUT2D eigenvalue weighted by Crippen LogP contribution is 2.20. The lowest BCUT2D eigenvalue weighted by molar-refractivity contribution is -0.388. The molecule has 8 nitrogen and oxygen atoms in total. The van der Waals surface area contributed by atoms with Crippen molar-refractivity contribution in [1.82, 2.24) is 4.98 Å². The Labute approximate surface area is 89.7 Å². The molecule has 1 aromatic heterocycles. The summed E-state index contributed by atoms with van der Waals surface area (Å²) in [5, 5.41) is 30.3. The Bertz CT molecular complexity index is 408. The SMILES string of the molecule is O=C(O)[C@H](CO)Nc1cccnc1[N+](=O)[O-]. The van der Waals surface area contributed by atoms with Crippen molar-refractivity contribution >= 4 is 17.5 Å². The van der Waals surface area contributed by atoms with Gasteiger partial charge in [-0.25, -0.2) is 4.79 Å². The molecule has 0 fully saturated rings. The number of nitrogens with zero attached hydrogens (tertiary/aromatic N) is 2. The maximum absolute atomic E-state index is 10.6. The van der Waals surface area contributed by atoms with E-state index >= 15 is 0 Å². The second-order valence-electron chi connectivity index (χ2n) is 2.85. The number of carboxylic acids is 1. The number of rotatable bonds is 5. The highest BCUT2D eigenvalue weighted by Gasteiger charge is 2.21. The van der Waals surface area contributed by atoms with E-state index in [1.54, 1.807) is 0 Å². The van der Waals surface area contributed by atoms with Gasteiger partial charge in [0.1, 0.15) is 17.9 Å². The summed E-state index contributed by atoms with van der Waals surface area (Å²) in [6.07, 6.45) is 1.22. The summed E-state index contributed by atoms with van der Waals surface area (Å²) < 4.78 is 0. The summed E-state index contributed by atoms with van der Waals surface area (Å²) in [6, 6.07) is 1.44. The quantitative estimate of drug-likeness (QED) is 0.471. The predicted octanol–water partition coefficient (Wildman–Crippen LogP) is -0.153. The zero-order chi connectivity index (χ0) is 12.1. The summed E-state index contributed by atoms with van der Waals surface area (Å²) in [4.78, 5) is 23.9. The maximum Gasteiger partial charge on any atom is 0.386 e. The Hall–Kier alpha value is -2.22. The number of hydrogen-bond donors (Lipinski definition) is 3. The van der Waals surface area contributed by atoms with Crippen LogP contribution in [0.4, 0.5) is 11.5 Å². The van der Waals surface area contributed by atoms with Crippen LogP contribution in [0.5, 0.6) is 0 Å². The first-order chi connectivity index (χ1) is 7.56. The van der Waals surface area contributed by atoms with Gasteiger partial charge >= 0.3 is 11.8 Å². The van der Waals surface area contributed by atoms with Crippen LogP contribution in [0.3, 0.4) is 0 Å². The predicted molar refractivity (Wildman–Crippen MR) is 53.0 cm³/mol. The summed E-state index contributed by atoms with van der Waals surface area (Å²) in [5.74, 6) is -1.79. The van der Waals surface area contributed by atoms with E-state index in [1.165, 1.54) is 18.3 Å². The third-order valence-corrected chi connectivity index (χ3v) is 1.77. The van der Waals surface area contributed by atoms with E-state index in [0.29, 0.717) is 0 Å². The van der Waals surface area contributed by atoms with Gasteiger partial charge in [-0.2, -0.15) is 0 Å². The Morgan fingerprint density at radius 1 is 1.69 bits per heavy atom.